The number of rotatable bonds is 6. The Morgan fingerprint density at radius 1 is 1.18 bits per heavy atom. The second kappa shape index (κ2) is 10.4. The van der Waals surface area contributed by atoms with Crippen molar-refractivity contribution in [3.8, 4) is 0 Å². The molecule has 3 heterocycles. The number of hydrogen-bond donors (Lipinski definition) is 2. The minimum atomic E-state index is 0.634. The van der Waals surface area contributed by atoms with Crippen LogP contribution in [0.3, 0.4) is 0 Å². The number of guanidine groups is 1. The summed E-state index contributed by atoms with van der Waals surface area (Å²) in [6.07, 6.45) is 7.09. The average Bonchev–Trinajstić information content (AvgIpc) is 2.90. The number of aromatic nitrogens is 2. The van der Waals surface area contributed by atoms with E-state index in [1.54, 1.807) is 11.3 Å². The van der Waals surface area contributed by atoms with E-state index in [0.29, 0.717) is 13.1 Å². The Hall–Kier alpha value is -2.15. The van der Waals surface area contributed by atoms with Gasteiger partial charge in [-0.2, -0.15) is 0 Å². The van der Waals surface area contributed by atoms with Crippen LogP contribution in [-0.2, 0) is 13.1 Å². The minimum Gasteiger partial charge on any atom is -0.357 e. The molecule has 0 radical (unpaired) electrons. The fraction of sp³-hybridized carbons (Fsp3) is 0.571. The van der Waals surface area contributed by atoms with Crippen LogP contribution in [0.1, 0.15) is 53.7 Å². The van der Waals surface area contributed by atoms with Crippen LogP contribution in [0.15, 0.2) is 23.3 Å². The van der Waals surface area contributed by atoms with Crippen LogP contribution in [0.4, 0.5) is 5.82 Å². The highest BCUT2D eigenvalue weighted by molar-refractivity contribution is 7.11. The van der Waals surface area contributed by atoms with Gasteiger partial charge in [0.1, 0.15) is 10.8 Å². The molecule has 1 aliphatic rings. The maximum absolute atomic E-state index is 4.76. The molecule has 2 aromatic rings. The minimum absolute atomic E-state index is 0.634. The summed E-state index contributed by atoms with van der Waals surface area (Å²) in [7, 11) is 0. The number of hydrogen-bond acceptors (Lipinski definition) is 5. The van der Waals surface area contributed by atoms with E-state index in [1.165, 1.54) is 36.1 Å². The maximum atomic E-state index is 4.76. The third-order valence-corrected chi connectivity index (χ3v) is 6.06. The first kappa shape index (κ1) is 20.6. The molecule has 0 unspecified atom stereocenters. The average molecular weight is 401 g/mol. The molecule has 0 aromatic carbocycles. The molecule has 0 amide bonds. The Morgan fingerprint density at radius 2 is 1.96 bits per heavy atom. The van der Waals surface area contributed by atoms with Gasteiger partial charge in [0.25, 0.3) is 0 Å². The number of aliphatic imine (C=N–C) groups is 1. The first-order chi connectivity index (χ1) is 13.7. The predicted octanol–water partition coefficient (Wildman–Crippen LogP) is 3.79. The molecule has 0 spiro atoms. The van der Waals surface area contributed by atoms with Crippen molar-refractivity contribution in [1.29, 1.82) is 0 Å². The molecule has 3 rings (SSSR count). The lowest BCUT2D eigenvalue weighted by atomic mass is 10.2. The van der Waals surface area contributed by atoms with Crippen molar-refractivity contribution >= 4 is 23.1 Å². The Morgan fingerprint density at radius 3 is 2.64 bits per heavy atom. The largest absolute Gasteiger partial charge is 0.357 e. The van der Waals surface area contributed by atoms with Crippen LogP contribution in [-0.4, -0.2) is 35.6 Å². The van der Waals surface area contributed by atoms with Gasteiger partial charge in [0, 0.05) is 30.7 Å². The van der Waals surface area contributed by atoms with E-state index in [4.69, 9.17) is 4.99 Å². The molecule has 0 saturated carbocycles. The van der Waals surface area contributed by atoms with Gasteiger partial charge in [0.15, 0.2) is 5.96 Å². The molecule has 0 bridgehead atoms. The zero-order valence-corrected chi connectivity index (χ0v) is 18.1. The van der Waals surface area contributed by atoms with Crippen molar-refractivity contribution in [2.45, 2.75) is 59.5 Å². The Bertz CT molecular complexity index is 757. The summed E-state index contributed by atoms with van der Waals surface area (Å²) >= 11 is 1.74. The number of pyridine rings is 1. The molecule has 1 fully saturated rings. The molecule has 2 N–H and O–H groups in total. The van der Waals surface area contributed by atoms with E-state index in [-0.39, 0.29) is 0 Å². The number of thiazole rings is 1. The molecule has 0 aliphatic carbocycles. The fourth-order valence-corrected chi connectivity index (χ4v) is 4.19. The van der Waals surface area contributed by atoms with Gasteiger partial charge in [0.2, 0.25) is 0 Å². The molecular formula is C21H32N6S. The quantitative estimate of drug-likeness (QED) is 0.570. The fourth-order valence-electron chi connectivity index (χ4n) is 3.32. The smallest absolute Gasteiger partial charge is 0.191 e. The van der Waals surface area contributed by atoms with E-state index in [0.717, 1.165) is 42.1 Å². The third-order valence-electron chi connectivity index (χ3n) is 4.98. The molecule has 7 heteroatoms. The standard InChI is InChI=1S/C21H32N6S/c1-4-22-21(25-15-20-26-16(2)17(3)28-20)24-14-18-9-10-23-19(13-18)27-11-7-5-6-8-12-27/h9-10,13H,4-8,11-12,14-15H2,1-3H3,(H2,22,24,25). The lowest BCUT2D eigenvalue weighted by Crippen LogP contribution is -2.36. The van der Waals surface area contributed by atoms with Crippen LogP contribution in [0.2, 0.25) is 0 Å². The molecule has 2 aromatic heterocycles. The van der Waals surface area contributed by atoms with E-state index < -0.39 is 0 Å². The number of nitrogens with zero attached hydrogens (tertiary/aromatic N) is 4. The molecular weight excluding hydrogens is 368 g/mol. The highest BCUT2D eigenvalue weighted by Gasteiger charge is 2.11. The normalized spacial score (nSPS) is 15.4. The van der Waals surface area contributed by atoms with E-state index in [9.17, 15) is 0 Å². The number of anilines is 1. The third kappa shape index (κ3) is 5.92. The zero-order chi connectivity index (χ0) is 19.8. The van der Waals surface area contributed by atoms with Crippen molar-refractivity contribution in [1.82, 2.24) is 20.6 Å². The van der Waals surface area contributed by atoms with Gasteiger partial charge in [-0.1, -0.05) is 12.8 Å². The second-order valence-corrected chi connectivity index (χ2v) is 8.51. The van der Waals surface area contributed by atoms with Crippen molar-refractivity contribution < 1.29 is 0 Å². The first-order valence-corrected chi connectivity index (χ1v) is 11.1. The van der Waals surface area contributed by atoms with Gasteiger partial charge in [-0.25, -0.2) is 15.0 Å². The summed E-state index contributed by atoms with van der Waals surface area (Å²) in [6, 6.07) is 4.24. The van der Waals surface area contributed by atoms with Crippen LogP contribution in [0, 0.1) is 13.8 Å². The highest BCUT2D eigenvalue weighted by atomic mass is 32.1. The molecule has 0 atom stereocenters. The van der Waals surface area contributed by atoms with Gasteiger partial charge in [-0.3, -0.25) is 0 Å². The highest BCUT2D eigenvalue weighted by Crippen LogP contribution is 2.19. The van der Waals surface area contributed by atoms with Gasteiger partial charge < -0.3 is 15.5 Å². The van der Waals surface area contributed by atoms with E-state index in [1.807, 2.05) is 6.20 Å². The van der Waals surface area contributed by atoms with Crippen molar-refractivity contribution in [3.63, 3.8) is 0 Å². The van der Waals surface area contributed by atoms with E-state index in [2.05, 4.69) is 58.4 Å². The molecule has 1 saturated heterocycles. The summed E-state index contributed by atoms with van der Waals surface area (Å²) < 4.78 is 0. The summed E-state index contributed by atoms with van der Waals surface area (Å²) in [6.45, 7) is 10.6. The van der Waals surface area contributed by atoms with Gasteiger partial charge >= 0.3 is 0 Å². The first-order valence-electron chi connectivity index (χ1n) is 10.3. The summed E-state index contributed by atoms with van der Waals surface area (Å²) in [4.78, 5) is 17.6. The van der Waals surface area contributed by atoms with Crippen LogP contribution in [0.5, 0.6) is 0 Å². The molecule has 28 heavy (non-hydrogen) atoms. The summed E-state index contributed by atoms with van der Waals surface area (Å²) in [5.41, 5.74) is 2.30. The summed E-state index contributed by atoms with van der Waals surface area (Å²) in [5.74, 6) is 1.91. The topological polar surface area (TPSA) is 65.4 Å². The molecule has 1 aliphatic heterocycles. The van der Waals surface area contributed by atoms with E-state index >= 15 is 0 Å². The monoisotopic (exact) mass is 400 g/mol. The lowest BCUT2D eigenvalue weighted by Gasteiger charge is -2.21. The molecule has 6 nitrogen and oxygen atoms in total. The van der Waals surface area contributed by atoms with Crippen LogP contribution >= 0.6 is 11.3 Å². The van der Waals surface area contributed by atoms with Crippen molar-refractivity contribution in [3.05, 3.63) is 39.5 Å². The maximum Gasteiger partial charge on any atom is 0.191 e. The van der Waals surface area contributed by atoms with Gasteiger partial charge in [-0.15, -0.1) is 11.3 Å². The number of aryl methyl sites for hydroxylation is 2. The lowest BCUT2D eigenvalue weighted by molar-refractivity contribution is 0.726. The van der Waals surface area contributed by atoms with Crippen molar-refractivity contribution in [2.75, 3.05) is 24.5 Å². The summed E-state index contributed by atoms with van der Waals surface area (Å²) in [5, 5.41) is 7.81. The predicted molar refractivity (Wildman–Crippen MR) is 118 cm³/mol. The Labute approximate surface area is 172 Å². The second-order valence-electron chi connectivity index (χ2n) is 7.22. The van der Waals surface area contributed by atoms with Gasteiger partial charge in [0.05, 0.1) is 18.8 Å². The Kier molecular flexibility index (Phi) is 7.65. The zero-order valence-electron chi connectivity index (χ0n) is 17.3. The van der Waals surface area contributed by atoms with Crippen LogP contribution < -0.4 is 15.5 Å². The van der Waals surface area contributed by atoms with Crippen LogP contribution in [0.25, 0.3) is 0 Å². The molecule has 152 valence electrons. The number of nitrogens with one attached hydrogen (secondary N) is 2. The van der Waals surface area contributed by atoms with Crippen molar-refractivity contribution in [2.24, 2.45) is 4.99 Å². The Balaban J connectivity index is 1.62. The SMILES string of the molecule is CCNC(=NCc1ccnc(N2CCCCCC2)c1)NCc1nc(C)c(C)s1. The van der Waals surface area contributed by atoms with Gasteiger partial charge in [-0.05, 0) is 51.3 Å².